The highest BCUT2D eigenvalue weighted by Crippen LogP contribution is 2.43. The molecule has 0 spiro atoms. The Hall–Kier alpha value is -3.17. The van der Waals surface area contributed by atoms with Crippen LogP contribution in [0.4, 0.5) is 11.4 Å². The van der Waals surface area contributed by atoms with Crippen LogP contribution in [0.15, 0.2) is 77.9 Å². The lowest BCUT2D eigenvalue weighted by molar-refractivity contribution is 0.256. The summed E-state index contributed by atoms with van der Waals surface area (Å²) < 4.78 is 0. The summed E-state index contributed by atoms with van der Waals surface area (Å²) in [5.41, 5.74) is 11.5. The number of allylic oxidation sites excluding steroid dienone is 1. The Bertz CT molecular complexity index is 1220. The van der Waals surface area contributed by atoms with Crippen LogP contribution in [0.3, 0.4) is 0 Å². The largest absolute Gasteiger partial charge is 0.360 e. The molecule has 3 aromatic rings. The lowest BCUT2D eigenvalue weighted by Crippen LogP contribution is -2.33. The average Bonchev–Trinajstić information content (AvgIpc) is 3.13. The van der Waals surface area contributed by atoms with Crippen LogP contribution < -0.4 is 5.32 Å². The minimum atomic E-state index is 0.614. The van der Waals surface area contributed by atoms with Gasteiger partial charge in [0.1, 0.15) is 0 Å². The van der Waals surface area contributed by atoms with Crippen molar-refractivity contribution < 1.29 is 0 Å². The van der Waals surface area contributed by atoms with Crippen molar-refractivity contribution in [1.29, 1.82) is 0 Å². The van der Waals surface area contributed by atoms with Gasteiger partial charge in [-0.2, -0.15) is 0 Å². The topological polar surface area (TPSA) is 27.6 Å². The van der Waals surface area contributed by atoms with Gasteiger partial charge in [0.2, 0.25) is 0 Å². The number of anilines is 1. The average molecular weight is 450 g/mol. The normalized spacial score (nSPS) is 18.3. The highest BCUT2D eigenvalue weighted by Gasteiger charge is 2.30. The van der Waals surface area contributed by atoms with Crippen LogP contribution in [-0.4, -0.2) is 31.3 Å². The van der Waals surface area contributed by atoms with E-state index in [9.17, 15) is 0 Å². The number of hydrogen-bond acceptors (Lipinski definition) is 3. The molecule has 1 N–H and O–H groups in total. The molecule has 3 nitrogen and oxygen atoms in total. The van der Waals surface area contributed by atoms with Crippen LogP contribution >= 0.6 is 0 Å². The molecular formula is C31H35N3. The molecule has 3 aliphatic rings. The van der Waals surface area contributed by atoms with E-state index < -0.39 is 0 Å². The molecule has 2 atom stereocenters. The van der Waals surface area contributed by atoms with Crippen LogP contribution in [0.25, 0.3) is 11.1 Å². The van der Waals surface area contributed by atoms with E-state index in [4.69, 9.17) is 0 Å². The zero-order valence-electron chi connectivity index (χ0n) is 20.6. The third-order valence-electron chi connectivity index (χ3n) is 7.70. The van der Waals surface area contributed by atoms with Crippen molar-refractivity contribution in [3.8, 4) is 11.1 Å². The van der Waals surface area contributed by atoms with E-state index >= 15 is 0 Å². The Morgan fingerprint density at radius 2 is 1.71 bits per heavy atom. The summed E-state index contributed by atoms with van der Waals surface area (Å²) in [6.07, 6.45) is 11.9. The van der Waals surface area contributed by atoms with Gasteiger partial charge in [-0.25, -0.2) is 0 Å². The van der Waals surface area contributed by atoms with Crippen molar-refractivity contribution in [2.45, 2.75) is 51.0 Å². The molecule has 3 aromatic carbocycles. The second-order valence-electron chi connectivity index (χ2n) is 9.82. The first kappa shape index (κ1) is 22.6. The van der Waals surface area contributed by atoms with Gasteiger partial charge in [0.25, 0.3) is 0 Å². The van der Waals surface area contributed by atoms with E-state index in [1.54, 1.807) is 22.9 Å². The van der Waals surface area contributed by atoms with E-state index in [1.165, 1.54) is 48.8 Å². The fourth-order valence-electron chi connectivity index (χ4n) is 5.68. The molecule has 6 rings (SSSR count). The Morgan fingerprint density at radius 1 is 0.882 bits per heavy atom. The minimum Gasteiger partial charge on any atom is -0.360 e. The van der Waals surface area contributed by atoms with Crippen LogP contribution in [0, 0.1) is 0 Å². The molecule has 0 saturated heterocycles. The lowest BCUT2D eigenvalue weighted by atomic mass is 9.73. The Labute approximate surface area is 204 Å². The van der Waals surface area contributed by atoms with Gasteiger partial charge >= 0.3 is 0 Å². The third kappa shape index (κ3) is 4.45. The van der Waals surface area contributed by atoms with Gasteiger partial charge in [-0.1, -0.05) is 48.5 Å². The predicted octanol–water partition coefficient (Wildman–Crippen LogP) is 7.15. The van der Waals surface area contributed by atoms with Gasteiger partial charge in [-0.05, 0) is 111 Å². The van der Waals surface area contributed by atoms with Crippen LogP contribution in [0.1, 0.15) is 47.9 Å². The number of para-hydroxylation sites is 2. The summed E-state index contributed by atoms with van der Waals surface area (Å²) in [4.78, 5) is 6.60. The van der Waals surface area contributed by atoms with Crippen LogP contribution in [0.5, 0.6) is 0 Å². The molecule has 1 heterocycles. The number of rotatable bonds is 2. The second-order valence-corrected chi connectivity index (χ2v) is 9.82. The summed E-state index contributed by atoms with van der Waals surface area (Å²) in [7, 11) is 4.43. The summed E-state index contributed by atoms with van der Waals surface area (Å²) in [6.45, 7) is 2.38. The molecule has 0 aromatic heterocycles. The molecule has 0 bridgehead atoms. The molecule has 34 heavy (non-hydrogen) atoms. The van der Waals surface area contributed by atoms with Crippen molar-refractivity contribution in [3.63, 3.8) is 0 Å². The number of likely N-dealkylation sites (N-methyl/N-ethyl adjacent to an activating group) is 1. The number of aryl methyl sites for hydroxylation is 1. The number of aliphatic imine (C=N–C) groups is 1. The summed E-state index contributed by atoms with van der Waals surface area (Å²) in [5, 5.41) is 3.12. The minimum absolute atomic E-state index is 0.614. The number of fused-ring (bicyclic) bond motifs is 6. The van der Waals surface area contributed by atoms with Crippen LogP contribution in [0.2, 0.25) is 0 Å². The first-order valence-electron chi connectivity index (χ1n) is 12.6. The van der Waals surface area contributed by atoms with Gasteiger partial charge in [-0.3, -0.25) is 4.99 Å². The van der Waals surface area contributed by atoms with Crippen molar-refractivity contribution in [2.75, 3.05) is 19.4 Å². The second kappa shape index (κ2) is 9.99. The molecule has 2 unspecified atom stereocenters. The standard InChI is InChI=1S/C22H27N.C9H8N2/c1-15(23(2)3)17-9-6-10-19-20(17)13-14-21-18-8-5-4-7-16(18)11-12-22(19)21;1-2-5-9-8(4-1)10-6-3-7-11-9/h4-5,7-8,13-15,17H,6,9-12H2,1-3H3;1-7,10H. The van der Waals surface area contributed by atoms with E-state index in [0.29, 0.717) is 12.0 Å². The number of nitrogens with zero attached hydrogens (tertiary/aromatic N) is 2. The van der Waals surface area contributed by atoms with Crippen molar-refractivity contribution in [3.05, 3.63) is 95.2 Å². The van der Waals surface area contributed by atoms with Crippen molar-refractivity contribution in [2.24, 2.45) is 4.99 Å². The molecule has 0 fully saturated rings. The Balaban J connectivity index is 0.000000183. The summed E-state index contributed by atoms with van der Waals surface area (Å²) in [5.74, 6) is 0.691. The molecule has 174 valence electrons. The smallest absolute Gasteiger partial charge is 0.0864 e. The maximum Gasteiger partial charge on any atom is 0.0864 e. The highest BCUT2D eigenvalue weighted by atomic mass is 15.1. The summed E-state index contributed by atoms with van der Waals surface area (Å²) in [6, 6.07) is 22.4. The van der Waals surface area contributed by atoms with Gasteiger partial charge in [0.15, 0.2) is 0 Å². The number of hydrogen-bond donors (Lipinski definition) is 1. The fourth-order valence-corrected chi connectivity index (χ4v) is 5.68. The molecule has 0 amide bonds. The van der Waals surface area contributed by atoms with Crippen molar-refractivity contribution in [1.82, 2.24) is 4.90 Å². The number of nitrogens with one attached hydrogen (secondary N) is 1. The van der Waals surface area contributed by atoms with Gasteiger partial charge in [-0.15, -0.1) is 0 Å². The zero-order valence-corrected chi connectivity index (χ0v) is 20.6. The van der Waals surface area contributed by atoms with E-state index in [0.717, 1.165) is 11.4 Å². The fraction of sp³-hybridized carbons (Fsp3) is 0.323. The van der Waals surface area contributed by atoms with Gasteiger partial charge < -0.3 is 10.2 Å². The van der Waals surface area contributed by atoms with E-state index in [2.05, 4.69) is 72.6 Å². The quantitative estimate of drug-likeness (QED) is 0.450. The van der Waals surface area contributed by atoms with E-state index in [-0.39, 0.29) is 0 Å². The zero-order chi connectivity index (χ0) is 23.5. The molecule has 3 heteroatoms. The monoisotopic (exact) mass is 449 g/mol. The Morgan fingerprint density at radius 3 is 2.59 bits per heavy atom. The molecular weight excluding hydrogens is 414 g/mol. The molecule has 2 aliphatic carbocycles. The third-order valence-corrected chi connectivity index (χ3v) is 7.70. The molecule has 0 saturated carbocycles. The maximum absolute atomic E-state index is 4.21. The van der Waals surface area contributed by atoms with Crippen LogP contribution in [-0.2, 0) is 19.3 Å². The Kier molecular flexibility index (Phi) is 6.64. The molecule has 0 radical (unpaired) electrons. The molecule has 1 aliphatic heterocycles. The predicted molar refractivity (Wildman–Crippen MR) is 145 cm³/mol. The first-order valence-corrected chi connectivity index (χ1v) is 12.6. The van der Waals surface area contributed by atoms with Gasteiger partial charge in [0.05, 0.1) is 11.4 Å². The SMILES string of the molecule is C1=CNc2ccccc2N=C1.CC(C1CCCc2c1ccc1c2CCc2ccccc2-1)N(C)C. The maximum atomic E-state index is 4.21. The lowest BCUT2D eigenvalue weighted by Gasteiger charge is -2.36. The van der Waals surface area contributed by atoms with Gasteiger partial charge in [0, 0.05) is 18.5 Å². The van der Waals surface area contributed by atoms with E-state index in [1.807, 2.05) is 36.5 Å². The number of benzene rings is 3. The highest BCUT2D eigenvalue weighted by molar-refractivity contribution is 5.81. The summed E-state index contributed by atoms with van der Waals surface area (Å²) >= 11 is 0. The van der Waals surface area contributed by atoms with Crippen molar-refractivity contribution >= 4 is 17.6 Å². The first-order chi connectivity index (χ1) is 16.6.